The van der Waals surface area contributed by atoms with Crippen LogP contribution in [0.2, 0.25) is 0 Å². The SMILES string of the molecule is CC(C)n1c(=O)c(-c2ccc(NS(=O)(=O)CCC(F)(F)F)c(F)c2)cc2cnc(NC3CCC(N(C)C)C(F)C3)nc21. The van der Waals surface area contributed by atoms with E-state index >= 15 is 0 Å². The van der Waals surface area contributed by atoms with Crippen molar-refractivity contribution >= 4 is 32.7 Å². The van der Waals surface area contributed by atoms with Gasteiger partial charge >= 0.3 is 6.18 Å². The lowest BCUT2D eigenvalue weighted by Gasteiger charge is -2.35. The predicted molar refractivity (Wildman–Crippen MR) is 151 cm³/mol. The first-order valence-electron chi connectivity index (χ1n) is 13.4. The summed E-state index contributed by atoms with van der Waals surface area (Å²) < 4.78 is 94.2. The quantitative estimate of drug-likeness (QED) is 0.322. The molecule has 2 aromatic heterocycles. The molecular formula is C27H33F5N6O3S. The molecule has 1 aliphatic rings. The molecule has 3 atom stereocenters. The number of aromatic nitrogens is 3. The Kier molecular flexibility index (Phi) is 9.11. The number of anilines is 2. The summed E-state index contributed by atoms with van der Waals surface area (Å²) >= 11 is 0. The second kappa shape index (κ2) is 12.1. The summed E-state index contributed by atoms with van der Waals surface area (Å²) in [7, 11) is -0.767. The van der Waals surface area contributed by atoms with Crippen molar-refractivity contribution in [3.63, 3.8) is 0 Å². The standard InChI is InChI=1S/C27H33F5N6O3S/c1-15(2)38-24-17(14-33-26(35-24)34-18-6-8-23(37(3)4)21(29)13-18)11-19(25(38)39)16-5-7-22(20(28)12-16)36-42(40,41)10-9-27(30,31)32/h5,7,11-12,14-15,18,21,23,36H,6,8-10,13H2,1-4H3,(H,33,34,35). The van der Waals surface area contributed by atoms with Gasteiger partial charge in [0.1, 0.15) is 17.6 Å². The van der Waals surface area contributed by atoms with E-state index in [0.29, 0.717) is 23.9 Å². The van der Waals surface area contributed by atoms with E-state index in [-0.39, 0.29) is 35.2 Å². The Hall–Kier alpha value is -3.33. The summed E-state index contributed by atoms with van der Waals surface area (Å²) in [6.07, 6.45) is -4.09. The van der Waals surface area contributed by atoms with Gasteiger partial charge in [0.05, 0.1) is 17.9 Å². The van der Waals surface area contributed by atoms with Crippen LogP contribution >= 0.6 is 0 Å². The highest BCUT2D eigenvalue weighted by Gasteiger charge is 2.32. The molecule has 1 saturated carbocycles. The van der Waals surface area contributed by atoms with E-state index in [9.17, 15) is 35.2 Å². The van der Waals surface area contributed by atoms with Crippen molar-refractivity contribution in [3.8, 4) is 11.1 Å². The molecule has 3 unspecified atom stereocenters. The van der Waals surface area contributed by atoms with Crippen molar-refractivity contribution in [1.82, 2.24) is 19.4 Å². The number of alkyl halides is 4. The van der Waals surface area contributed by atoms with Crippen LogP contribution in [0.15, 0.2) is 35.3 Å². The van der Waals surface area contributed by atoms with Gasteiger partial charge in [0.25, 0.3) is 5.56 Å². The molecule has 2 heterocycles. The molecule has 1 aliphatic carbocycles. The number of hydrogen-bond acceptors (Lipinski definition) is 7. The average Bonchev–Trinajstić information content (AvgIpc) is 2.87. The fraction of sp³-hybridized carbons (Fsp3) is 0.519. The molecule has 1 aromatic carbocycles. The minimum absolute atomic E-state index is 0.0909. The molecule has 1 fully saturated rings. The fourth-order valence-corrected chi connectivity index (χ4v) is 6.21. The summed E-state index contributed by atoms with van der Waals surface area (Å²) in [5, 5.41) is 3.65. The molecule has 4 rings (SSSR count). The molecule has 3 aromatic rings. The van der Waals surface area contributed by atoms with Crippen LogP contribution < -0.4 is 15.6 Å². The van der Waals surface area contributed by atoms with Crippen molar-refractivity contribution < 1.29 is 30.4 Å². The molecule has 2 N–H and O–H groups in total. The zero-order valence-electron chi connectivity index (χ0n) is 23.5. The number of hydrogen-bond donors (Lipinski definition) is 2. The molecule has 230 valence electrons. The smallest absolute Gasteiger partial charge is 0.351 e. The molecule has 0 amide bonds. The number of rotatable bonds is 9. The number of pyridine rings is 1. The van der Waals surface area contributed by atoms with Gasteiger partial charge in [-0.3, -0.25) is 14.1 Å². The van der Waals surface area contributed by atoms with Crippen LogP contribution in [0.5, 0.6) is 0 Å². The highest BCUT2D eigenvalue weighted by atomic mass is 32.2. The van der Waals surface area contributed by atoms with Gasteiger partial charge in [0.15, 0.2) is 0 Å². The zero-order chi connectivity index (χ0) is 31.0. The maximum absolute atomic E-state index is 14.9. The normalized spacial score (nSPS) is 19.9. The maximum atomic E-state index is 14.9. The van der Waals surface area contributed by atoms with Crippen LogP contribution in [0.25, 0.3) is 22.2 Å². The van der Waals surface area contributed by atoms with Gasteiger partial charge in [-0.25, -0.2) is 22.2 Å². The molecule has 42 heavy (non-hydrogen) atoms. The lowest BCUT2D eigenvalue weighted by Crippen LogP contribution is -2.44. The van der Waals surface area contributed by atoms with Crippen LogP contribution in [0.4, 0.5) is 33.6 Å². The molecule has 0 saturated heterocycles. The first-order chi connectivity index (χ1) is 19.5. The third-order valence-corrected chi connectivity index (χ3v) is 8.50. The maximum Gasteiger partial charge on any atom is 0.390 e. The van der Waals surface area contributed by atoms with E-state index in [1.807, 2.05) is 23.7 Å². The van der Waals surface area contributed by atoms with Gasteiger partial charge in [-0.2, -0.15) is 18.2 Å². The van der Waals surface area contributed by atoms with Crippen molar-refractivity contribution in [1.29, 1.82) is 0 Å². The van der Waals surface area contributed by atoms with E-state index in [2.05, 4.69) is 15.3 Å². The molecule has 15 heteroatoms. The first-order valence-corrected chi connectivity index (χ1v) is 15.1. The van der Waals surface area contributed by atoms with Gasteiger partial charge in [0, 0.05) is 41.7 Å². The molecule has 0 radical (unpaired) electrons. The van der Waals surface area contributed by atoms with Gasteiger partial charge in [0.2, 0.25) is 16.0 Å². The van der Waals surface area contributed by atoms with Crippen LogP contribution in [-0.4, -0.2) is 72.1 Å². The Balaban J connectivity index is 1.62. The van der Waals surface area contributed by atoms with Crippen LogP contribution in [0, 0.1) is 5.82 Å². The Morgan fingerprint density at radius 1 is 1.17 bits per heavy atom. The Bertz CT molecular complexity index is 1610. The number of halogens is 5. The highest BCUT2D eigenvalue weighted by molar-refractivity contribution is 7.92. The average molecular weight is 617 g/mol. The minimum atomic E-state index is -4.69. The second-order valence-electron chi connectivity index (χ2n) is 11.0. The minimum Gasteiger partial charge on any atom is -0.351 e. The molecular weight excluding hydrogens is 583 g/mol. The number of benzene rings is 1. The van der Waals surface area contributed by atoms with Crippen molar-refractivity contribution in [2.24, 2.45) is 0 Å². The topological polar surface area (TPSA) is 109 Å². The number of sulfonamides is 1. The van der Waals surface area contributed by atoms with Crippen LogP contribution in [0.1, 0.15) is 45.6 Å². The van der Waals surface area contributed by atoms with Gasteiger partial charge in [-0.15, -0.1) is 0 Å². The number of nitrogens with zero attached hydrogens (tertiary/aromatic N) is 4. The Morgan fingerprint density at radius 2 is 1.88 bits per heavy atom. The molecule has 9 nitrogen and oxygen atoms in total. The summed E-state index contributed by atoms with van der Waals surface area (Å²) in [6, 6.07) is 4.07. The largest absolute Gasteiger partial charge is 0.390 e. The first kappa shape index (κ1) is 31.6. The van der Waals surface area contributed by atoms with E-state index in [0.717, 1.165) is 18.6 Å². The summed E-state index contributed by atoms with van der Waals surface area (Å²) in [5.74, 6) is -2.08. The van der Waals surface area contributed by atoms with Gasteiger partial charge in [-0.1, -0.05) is 6.07 Å². The van der Waals surface area contributed by atoms with E-state index in [4.69, 9.17) is 0 Å². The highest BCUT2D eigenvalue weighted by Crippen LogP contribution is 2.29. The summed E-state index contributed by atoms with van der Waals surface area (Å²) in [6.45, 7) is 3.55. The van der Waals surface area contributed by atoms with Crippen molar-refractivity contribution in [2.45, 2.75) is 70.0 Å². The zero-order valence-corrected chi connectivity index (χ0v) is 24.4. The summed E-state index contributed by atoms with van der Waals surface area (Å²) in [5.41, 5.74) is -0.492. The van der Waals surface area contributed by atoms with Crippen molar-refractivity contribution in [3.05, 3.63) is 46.6 Å². The second-order valence-corrected chi connectivity index (χ2v) is 12.8. The van der Waals surface area contributed by atoms with E-state index < -0.39 is 51.6 Å². The Labute approximate surface area is 240 Å². The monoisotopic (exact) mass is 616 g/mol. The third-order valence-electron chi connectivity index (χ3n) is 7.22. The molecule has 0 aliphatic heterocycles. The number of fused-ring (bicyclic) bond motifs is 1. The van der Waals surface area contributed by atoms with Crippen LogP contribution in [0.3, 0.4) is 0 Å². The molecule has 0 spiro atoms. The lowest BCUT2D eigenvalue weighted by molar-refractivity contribution is -0.129. The number of nitrogens with one attached hydrogen (secondary N) is 2. The van der Waals surface area contributed by atoms with E-state index in [1.165, 1.54) is 22.9 Å². The fourth-order valence-electron chi connectivity index (χ4n) is 5.10. The third kappa shape index (κ3) is 7.35. The van der Waals surface area contributed by atoms with Gasteiger partial charge in [-0.05, 0) is 64.5 Å². The molecule has 0 bridgehead atoms. The summed E-state index contributed by atoms with van der Waals surface area (Å²) in [4.78, 5) is 24.3. The van der Waals surface area contributed by atoms with Crippen molar-refractivity contribution in [2.75, 3.05) is 29.9 Å². The van der Waals surface area contributed by atoms with Crippen LogP contribution in [-0.2, 0) is 10.0 Å². The lowest BCUT2D eigenvalue weighted by atomic mass is 9.89. The predicted octanol–water partition coefficient (Wildman–Crippen LogP) is 5.11. The van der Waals surface area contributed by atoms with Gasteiger partial charge < -0.3 is 10.2 Å². The Morgan fingerprint density at radius 3 is 2.48 bits per heavy atom. The van der Waals surface area contributed by atoms with E-state index in [1.54, 1.807) is 13.8 Å².